The predicted molar refractivity (Wildman–Crippen MR) is 136 cm³/mol. The van der Waals surface area contributed by atoms with E-state index in [1.54, 1.807) is 43.3 Å². The highest BCUT2D eigenvalue weighted by molar-refractivity contribution is 6.00. The molecule has 0 aliphatic heterocycles. The third-order valence-corrected chi connectivity index (χ3v) is 5.51. The van der Waals surface area contributed by atoms with Crippen LogP contribution in [0.25, 0.3) is 0 Å². The number of ketones is 1. The zero-order chi connectivity index (χ0) is 25.4. The van der Waals surface area contributed by atoms with Crippen LogP contribution < -0.4 is 10.1 Å². The molecule has 1 amide bonds. The lowest BCUT2D eigenvalue weighted by Gasteiger charge is -2.12. The molecule has 0 spiro atoms. The number of rotatable bonds is 10. The fourth-order valence-corrected chi connectivity index (χ4v) is 3.43. The van der Waals surface area contributed by atoms with Crippen molar-refractivity contribution in [3.63, 3.8) is 0 Å². The first-order valence-electron chi connectivity index (χ1n) is 11.7. The number of anilines is 1. The van der Waals surface area contributed by atoms with E-state index in [1.807, 2.05) is 51.1 Å². The summed E-state index contributed by atoms with van der Waals surface area (Å²) >= 11 is 0. The summed E-state index contributed by atoms with van der Waals surface area (Å²) in [6, 6.07) is 20.3. The molecule has 6 nitrogen and oxygen atoms in total. The molecule has 3 aromatic rings. The molecule has 0 bridgehead atoms. The van der Waals surface area contributed by atoms with Crippen molar-refractivity contribution in [3.8, 4) is 11.5 Å². The maximum absolute atomic E-state index is 12.4. The maximum atomic E-state index is 12.4. The topological polar surface area (TPSA) is 81.7 Å². The van der Waals surface area contributed by atoms with Crippen LogP contribution in [-0.4, -0.2) is 23.8 Å². The molecule has 0 aromatic heterocycles. The van der Waals surface area contributed by atoms with E-state index < -0.39 is 12.1 Å². The lowest BCUT2D eigenvalue weighted by atomic mass is 10.1. The minimum absolute atomic E-state index is 0.0571. The Bertz CT molecular complexity index is 1180. The van der Waals surface area contributed by atoms with E-state index in [2.05, 4.69) is 5.32 Å². The molecule has 0 saturated heterocycles. The molecule has 182 valence electrons. The average molecular weight is 474 g/mol. The van der Waals surface area contributed by atoms with Crippen LogP contribution in [0, 0.1) is 20.8 Å². The van der Waals surface area contributed by atoms with E-state index in [9.17, 15) is 14.4 Å². The second-order valence-electron chi connectivity index (χ2n) is 8.66. The van der Waals surface area contributed by atoms with Crippen LogP contribution >= 0.6 is 0 Å². The summed E-state index contributed by atoms with van der Waals surface area (Å²) in [6.45, 7) is 7.49. The number of aryl methyl sites for hydroxylation is 3. The van der Waals surface area contributed by atoms with Crippen LogP contribution in [0.2, 0.25) is 0 Å². The normalized spacial score (nSPS) is 11.4. The monoisotopic (exact) mass is 473 g/mol. The molecule has 3 aromatic carbocycles. The van der Waals surface area contributed by atoms with E-state index in [4.69, 9.17) is 9.47 Å². The van der Waals surface area contributed by atoms with Gasteiger partial charge in [0.25, 0.3) is 0 Å². The van der Waals surface area contributed by atoms with E-state index in [0.717, 1.165) is 22.4 Å². The first kappa shape index (κ1) is 25.7. The molecule has 0 aliphatic carbocycles. The number of hydrogen-bond donors (Lipinski definition) is 1. The molecule has 3 rings (SSSR count). The highest BCUT2D eigenvalue weighted by Gasteiger charge is 2.19. The Morgan fingerprint density at radius 2 is 1.49 bits per heavy atom. The summed E-state index contributed by atoms with van der Waals surface area (Å²) in [5, 5.41) is 2.81. The highest BCUT2D eigenvalue weighted by Crippen LogP contribution is 2.27. The lowest BCUT2D eigenvalue weighted by Crippen LogP contribution is -2.24. The summed E-state index contributed by atoms with van der Waals surface area (Å²) in [5.74, 6) is 0.516. The van der Waals surface area contributed by atoms with Gasteiger partial charge < -0.3 is 14.8 Å². The van der Waals surface area contributed by atoms with Gasteiger partial charge in [0.15, 0.2) is 6.10 Å². The van der Waals surface area contributed by atoms with Gasteiger partial charge in [0.1, 0.15) is 11.5 Å². The van der Waals surface area contributed by atoms with E-state index in [1.165, 1.54) is 0 Å². The summed E-state index contributed by atoms with van der Waals surface area (Å²) in [4.78, 5) is 36.7. The molecule has 35 heavy (non-hydrogen) atoms. The summed E-state index contributed by atoms with van der Waals surface area (Å²) in [7, 11) is 0. The quantitative estimate of drug-likeness (QED) is 0.275. The number of nitrogens with one attached hydrogen (secondary N) is 1. The Morgan fingerprint density at radius 3 is 2.17 bits per heavy atom. The van der Waals surface area contributed by atoms with Crippen molar-refractivity contribution >= 4 is 23.3 Å². The summed E-state index contributed by atoms with van der Waals surface area (Å²) in [5.41, 5.74) is 4.35. The average Bonchev–Trinajstić information content (AvgIpc) is 2.82. The number of carbonyl (C=O) groups excluding carboxylic acids is 3. The molecule has 1 N–H and O–H groups in total. The van der Waals surface area contributed by atoms with Crippen LogP contribution in [0.1, 0.15) is 53.2 Å². The molecule has 0 aliphatic rings. The Balaban J connectivity index is 1.40. The molecule has 1 atom stereocenters. The van der Waals surface area contributed by atoms with Crippen molar-refractivity contribution < 1.29 is 23.9 Å². The van der Waals surface area contributed by atoms with Crippen molar-refractivity contribution in [1.82, 2.24) is 0 Å². The molecule has 0 fully saturated rings. The van der Waals surface area contributed by atoms with Gasteiger partial charge in [-0.2, -0.15) is 0 Å². The van der Waals surface area contributed by atoms with Crippen LogP contribution in [0.5, 0.6) is 11.5 Å². The second-order valence-corrected chi connectivity index (χ2v) is 8.66. The van der Waals surface area contributed by atoms with E-state index >= 15 is 0 Å². The minimum Gasteiger partial charge on any atom is -0.457 e. The Kier molecular flexibility index (Phi) is 8.79. The van der Waals surface area contributed by atoms with Crippen molar-refractivity contribution in [2.24, 2.45) is 0 Å². The van der Waals surface area contributed by atoms with Crippen LogP contribution in [0.3, 0.4) is 0 Å². The SMILES string of the molecule is Cc1ccc(C(=O)C(C)OC(=O)CCCC(=O)Nc2ccc(Oc3cc(C)ccc3C)cc2)cc1. The second kappa shape index (κ2) is 12.0. The zero-order valence-corrected chi connectivity index (χ0v) is 20.6. The molecule has 6 heteroatoms. The van der Waals surface area contributed by atoms with E-state index in [-0.39, 0.29) is 24.5 Å². The minimum atomic E-state index is -0.872. The molecule has 0 radical (unpaired) electrons. The predicted octanol–water partition coefficient (Wildman–Crippen LogP) is 6.33. The van der Waals surface area contributed by atoms with Crippen LogP contribution in [-0.2, 0) is 14.3 Å². The van der Waals surface area contributed by atoms with Gasteiger partial charge >= 0.3 is 5.97 Å². The maximum Gasteiger partial charge on any atom is 0.306 e. The first-order valence-corrected chi connectivity index (χ1v) is 11.7. The van der Waals surface area contributed by atoms with Crippen molar-refractivity contribution in [1.29, 1.82) is 0 Å². The van der Waals surface area contributed by atoms with Gasteiger partial charge in [-0.05, 0) is 75.6 Å². The number of carbonyl (C=O) groups is 3. The Hall–Kier alpha value is -3.93. The zero-order valence-electron chi connectivity index (χ0n) is 20.6. The van der Waals surface area contributed by atoms with Gasteiger partial charge in [-0.15, -0.1) is 0 Å². The number of ether oxygens (including phenoxy) is 2. The van der Waals surface area contributed by atoms with Gasteiger partial charge in [0.05, 0.1) is 0 Å². The van der Waals surface area contributed by atoms with Gasteiger partial charge in [0, 0.05) is 24.1 Å². The molecule has 1 unspecified atom stereocenters. The van der Waals surface area contributed by atoms with Crippen molar-refractivity contribution in [2.45, 2.75) is 53.1 Å². The summed E-state index contributed by atoms with van der Waals surface area (Å²) in [6.07, 6.45) is -0.329. The first-order chi connectivity index (χ1) is 16.7. The van der Waals surface area contributed by atoms with Gasteiger partial charge in [-0.25, -0.2) is 0 Å². The fraction of sp³-hybridized carbons (Fsp3) is 0.276. The third-order valence-electron chi connectivity index (χ3n) is 5.51. The molecule has 0 saturated carbocycles. The molecular formula is C29H31NO5. The van der Waals surface area contributed by atoms with Crippen LogP contribution in [0.15, 0.2) is 66.7 Å². The molecule has 0 heterocycles. The Labute approximate surface area is 206 Å². The largest absolute Gasteiger partial charge is 0.457 e. The summed E-state index contributed by atoms with van der Waals surface area (Å²) < 4.78 is 11.2. The van der Waals surface area contributed by atoms with Crippen molar-refractivity contribution in [3.05, 3.63) is 89.0 Å². The number of Topliss-reactive ketones (excluding diaryl/α,β-unsaturated/α-hetero) is 1. The van der Waals surface area contributed by atoms with Gasteiger partial charge in [-0.1, -0.05) is 42.0 Å². The molecular weight excluding hydrogens is 442 g/mol. The van der Waals surface area contributed by atoms with E-state index in [0.29, 0.717) is 23.4 Å². The number of hydrogen-bond acceptors (Lipinski definition) is 5. The number of esters is 1. The fourth-order valence-electron chi connectivity index (χ4n) is 3.43. The highest BCUT2D eigenvalue weighted by atomic mass is 16.5. The number of amides is 1. The standard InChI is InChI=1S/C29H31NO5/c1-19-9-12-23(13-10-19)29(33)22(4)34-28(32)7-5-6-27(31)30-24-14-16-25(17-15-24)35-26-18-20(2)8-11-21(26)3/h8-18,22H,5-7H2,1-4H3,(H,30,31). The Morgan fingerprint density at radius 1 is 0.829 bits per heavy atom. The smallest absolute Gasteiger partial charge is 0.306 e. The number of benzene rings is 3. The third kappa shape index (κ3) is 7.81. The van der Waals surface area contributed by atoms with Crippen LogP contribution in [0.4, 0.5) is 5.69 Å². The van der Waals surface area contributed by atoms with Gasteiger partial charge in [-0.3, -0.25) is 14.4 Å². The van der Waals surface area contributed by atoms with Crippen molar-refractivity contribution in [2.75, 3.05) is 5.32 Å². The lowest BCUT2D eigenvalue weighted by molar-refractivity contribution is -0.146. The van der Waals surface area contributed by atoms with Gasteiger partial charge in [0.2, 0.25) is 11.7 Å².